The summed E-state index contributed by atoms with van der Waals surface area (Å²) in [5, 5.41) is 0.708. The monoisotopic (exact) mass is 339 g/mol. The number of carbonyl (C=O) groups is 1. The second-order valence-electron chi connectivity index (χ2n) is 7.36. The number of hydrogen-bond donors (Lipinski definition) is 0. The summed E-state index contributed by atoms with van der Waals surface area (Å²) in [6.07, 6.45) is 0.814. The Morgan fingerprint density at radius 2 is 1.67 bits per heavy atom. The Balaban J connectivity index is 1.98. The van der Waals surface area contributed by atoms with Gasteiger partial charge in [-0.3, -0.25) is 9.79 Å². The summed E-state index contributed by atoms with van der Waals surface area (Å²) in [7, 11) is 0. The molecule has 0 radical (unpaired) electrons. The van der Waals surface area contributed by atoms with Crippen LogP contribution >= 0.6 is 11.6 Å². The first-order valence-corrected chi connectivity index (χ1v) is 8.66. The van der Waals surface area contributed by atoms with Crippen molar-refractivity contribution in [3.63, 3.8) is 0 Å². The normalized spacial score (nSPS) is 20.8. The summed E-state index contributed by atoms with van der Waals surface area (Å²) in [5.74, 6) is 0.166. The maximum absolute atomic E-state index is 13.0. The molecule has 0 saturated carbocycles. The van der Waals surface area contributed by atoms with Crippen LogP contribution in [0.2, 0.25) is 5.02 Å². The highest BCUT2D eigenvalue weighted by molar-refractivity contribution is 6.30. The molecule has 0 N–H and O–H groups in total. The zero-order chi connectivity index (χ0) is 17.3. The quantitative estimate of drug-likeness (QED) is 0.672. The smallest absolute Gasteiger partial charge is 0.187 e. The molecule has 1 aliphatic rings. The Labute approximate surface area is 148 Å². The molecule has 2 aromatic carbocycles. The minimum Gasteiger partial charge on any atom is -0.292 e. The standard InChI is InChI=1S/C21H22ClNO/c1-21(2,3)18-13-17(14-9-11-16(22)12-10-14)19(23-18)20(24)15-7-5-4-6-8-15/h4-12,17,19H,13H2,1-3H3. The van der Waals surface area contributed by atoms with Crippen molar-refractivity contribution in [3.05, 3.63) is 70.7 Å². The van der Waals surface area contributed by atoms with Crippen LogP contribution < -0.4 is 0 Å². The third-order valence-corrected chi connectivity index (χ3v) is 4.83. The van der Waals surface area contributed by atoms with E-state index in [1.807, 2.05) is 54.6 Å². The van der Waals surface area contributed by atoms with Crippen molar-refractivity contribution in [2.45, 2.75) is 39.2 Å². The Hall–Kier alpha value is -1.93. The van der Waals surface area contributed by atoms with Crippen LogP contribution in [0.3, 0.4) is 0 Å². The van der Waals surface area contributed by atoms with Crippen LogP contribution in [0.15, 0.2) is 59.6 Å². The molecule has 2 atom stereocenters. The number of carbonyl (C=O) groups excluding carboxylic acids is 1. The topological polar surface area (TPSA) is 29.4 Å². The van der Waals surface area contributed by atoms with Crippen LogP contribution in [0.25, 0.3) is 0 Å². The van der Waals surface area contributed by atoms with E-state index in [-0.39, 0.29) is 23.2 Å². The lowest BCUT2D eigenvalue weighted by atomic mass is 9.81. The Bertz CT molecular complexity index is 757. The SMILES string of the molecule is CC(C)(C)C1=NC(C(=O)c2ccccc2)C(c2ccc(Cl)cc2)C1. The number of benzene rings is 2. The van der Waals surface area contributed by atoms with E-state index in [1.165, 1.54) is 0 Å². The van der Waals surface area contributed by atoms with Gasteiger partial charge in [-0.1, -0.05) is 74.8 Å². The first kappa shape index (κ1) is 16.9. The third-order valence-electron chi connectivity index (χ3n) is 4.58. The van der Waals surface area contributed by atoms with Crippen molar-refractivity contribution in [1.82, 2.24) is 0 Å². The molecule has 0 aromatic heterocycles. The van der Waals surface area contributed by atoms with Gasteiger partial charge in [-0.15, -0.1) is 0 Å². The van der Waals surface area contributed by atoms with Gasteiger partial charge in [-0.2, -0.15) is 0 Å². The highest BCUT2D eigenvalue weighted by atomic mass is 35.5. The molecule has 0 spiro atoms. The largest absolute Gasteiger partial charge is 0.292 e. The molecule has 1 heterocycles. The van der Waals surface area contributed by atoms with E-state index < -0.39 is 0 Å². The van der Waals surface area contributed by atoms with Gasteiger partial charge < -0.3 is 0 Å². The Morgan fingerprint density at radius 3 is 2.25 bits per heavy atom. The van der Waals surface area contributed by atoms with E-state index >= 15 is 0 Å². The number of Topliss-reactive ketones (excluding diaryl/α,β-unsaturated/α-hetero) is 1. The fourth-order valence-electron chi connectivity index (χ4n) is 3.15. The lowest BCUT2D eigenvalue weighted by Crippen LogP contribution is -2.23. The predicted molar refractivity (Wildman–Crippen MR) is 100 cm³/mol. The van der Waals surface area contributed by atoms with Crippen molar-refractivity contribution in [1.29, 1.82) is 0 Å². The summed E-state index contributed by atoms with van der Waals surface area (Å²) in [5.41, 5.74) is 2.92. The fourth-order valence-corrected chi connectivity index (χ4v) is 3.28. The number of aliphatic imine (C=N–C) groups is 1. The van der Waals surface area contributed by atoms with Gasteiger partial charge in [-0.05, 0) is 29.5 Å². The fraction of sp³-hybridized carbons (Fsp3) is 0.333. The lowest BCUT2D eigenvalue weighted by molar-refractivity contribution is 0.0955. The molecule has 124 valence electrons. The third kappa shape index (κ3) is 3.44. The van der Waals surface area contributed by atoms with Crippen molar-refractivity contribution >= 4 is 23.1 Å². The summed E-state index contributed by atoms with van der Waals surface area (Å²) >= 11 is 6.02. The van der Waals surface area contributed by atoms with E-state index in [4.69, 9.17) is 16.6 Å². The zero-order valence-corrected chi connectivity index (χ0v) is 15.0. The molecule has 0 amide bonds. The molecular formula is C21H22ClNO. The molecule has 0 bridgehead atoms. The highest BCUT2D eigenvalue weighted by Crippen LogP contribution is 2.38. The highest BCUT2D eigenvalue weighted by Gasteiger charge is 2.39. The lowest BCUT2D eigenvalue weighted by Gasteiger charge is -2.20. The number of hydrogen-bond acceptors (Lipinski definition) is 2. The molecule has 0 aliphatic carbocycles. The van der Waals surface area contributed by atoms with Gasteiger partial charge in [0, 0.05) is 22.2 Å². The zero-order valence-electron chi connectivity index (χ0n) is 14.3. The van der Waals surface area contributed by atoms with Crippen LogP contribution in [0, 0.1) is 5.41 Å². The molecule has 0 fully saturated rings. The first-order valence-electron chi connectivity index (χ1n) is 8.28. The van der Waals surface area contributed by atoms with Gasteiger partial charge in [0.2, 0.25) is 0 Å². The molecule has 3 rings (SSSR count). The number of ketones is 1. The Kier molecular flexibility index (Phi) is 4.60. The number of nitrogens with zero attached hydrogens (tertiary/aromatic N) is 1. The van der Waals surface area contributed by atoms with E-state index in [2.05, 4.69) is 20.8 Å². The van der Waals surface area contributed by atoms with Crippen molar-refractivity contribution in [2.75, 3.05) is 0 Å². The van der Waals surface area contributed by atoms with Crippen LogP contribution in [0.1, 0.15) is 49.0 Å². The molecule has 0 saturated heterocycles. The minimum absolute atomic E-state index is 0.0314. The molecule has 2 aromatic rings. The van der Waals surface area contributed by atoms with E-state index in [9.17, 15) is 4.79 Å². The van der Waals surface area contributed by atoms with Gasteiger partial charge in [0.1, 0.15) is 6.04 Å². The van der Waals surface area contributed by atoms with E-state index in [0.717, 1.165) is 23.3 Å². The van der Waals surface area contributed by atoms with Gasteiger partial charge >= 0.3 is 0 Å². The first-order chi connectivity index (χ1) is 11.4. The molecule has 24 heavy (non-hydrogen) atoms. The van der Waals surface area contributed by atoms with Crippen molar-refractivity contribution in [3.8, 4) is 0 Å². The Morgan fingerprint density at radius 1 is 1.04 bits per heavy atom. The second-order valence-corrected chi connectivity index (χ2v) is 7.80. The summed E-state index contributed by atoms with van der Waals surface area (Å²) in [6.45, 7) is 6.46. The van der Waals surface area contributed by atoms with Crippen LogP contribution in [-0.4, -0.2) is 17.5 Å². The van der Waals surface area contributed by atoms with E-state index in [1.54, 1.807) is 0 Å². The average molecular weight is 340 g/mol. The second kappa shape index (κ2) is 6.52. The average Bonchev–Trinajstić information content (AvgIpc) is 3.01. The molecular weight excluding hydrogens is 318 g/mol. The molecule has 3 heteroatoms. The van der Waals surface area contributed by atoms with E-state index in [0.29, 0.717) is 5.02 Å². The summed E-state index contributed by atoms with van der Waals surface area (Å²) in [4.78, 5) is 17.9. The summed E-state index contributed by atoms with van der Waals surface area (Å²) < 4.78 is 0. The number of halogens is 1. The summed E-state index contributed by atoms with van der Waals surface area (Å²) in [6, 6.07) is 16.9. The molecule has 2 nitrogen and oxygen atoms in total. The van der Waals surface area contributed by atoms with Crippen molar-refractivity contribution < 1.29 is 4.79 Å². The van der Waals surface area contributed by atoms with Gasteiger partial charge in [0.05, 0.1) is 0 Å². The van der Waals surface area contributed by atoms with Crippen molar-refractivity contribution in [2.24, 2.45) is 10.4 Å². The van der Waals surface area contributed by atoms with Crippen LogP contribution in [0.5, 0.6) is 0 Å². The minimum atomic E-state index is -0.359. The van der Waals surface area contributed by atoms with Gasteiger partial charge in [-0.25, -0.2) is 0 Å². The molecule has 2 unspecified atom stereocenters. The predicted octanol–water partition coefficient (Wildman–Crippen LogP) is 5.57. The maximum Gasteiger partial charge on any atom is 0.187 e. The van der Waals surface area contributed by atoms with Crippen LogP contribution in [-0.2, 0) is 0 Å². The van der Waals surface area contributed by atoms with Gasteiger partial charge in [0.15, 0.2) is 5.78 Å². The molecule has 1 aliphatic heterocycles. The van der Waals surface area contributed by atoms with Gasteiger partial charge in [0.25, 0.3) is 0 Å². The van der Waals surface area contributed by atoms with Crippen LogP contribution in [0.4, 0.5) is 0 Å². The maximum atomic E-state index is 13.0. The number of rotatable bonds is 3.